The zero-order chi connectivity index (χ0) is 36.6. The topological polar surface area (TPSA) is 42.9 Å². The maximum atomic E-state index is 10.6. The Morgan fingerprint density at radius 3 is 1.44 bits per heavy atom. The van der Waals surface area contributed by atoms with Gasteiger partial charge in [-0.3, -0.25) is 0 Å². The van der Waals surface area contributed by atoms with Crippen molar-refractivity contribution in [1.29, 1.82) is 5.26 Å². The average molecular weight is 700 g/mol. The van der Waals surface area contributed by atoms with Crippen molar-refractivity contribution >= 4 is 71.1 Å². The summed E-state index contributed by atoms with van der Waals surface area (Å²) < 4.78 is 6.85. The summed E-state index contributed by atoms with van der Waals surface area (Å²) in [6.07, 6.45) is 0. The molecule has 0 amide bonds. The van der Waals surface area contributed by atoms with Crippen LogP contribution in [0, 0.1) is 17.9 Å². The van der Waals surface area contributed by atoms with Crippen molar-refractivity contribution in [2.45, 2.75) is 0 Å². The molecule has 0 saturated carbocycles. The van der Waals surface area contributed by atoms with Gasteiger partial charge in [-0.15, -0.1) is 0 Å². The lowest BCUT2D eigenvalue weighted by molar-refractivity contribution is 1.16. The SMILES string of the molecule is [C-]#[N+]c1ccc2c(c1)c1cc(-n3c4ccccc4c4ccccc43)ccc1n2-c1c(C#N)cccc1-c1ccc(-n2c3ccccc3c3ccccc32)cc1. The van der Waals surface area contributed by atoms with Gasteiger partial charge in [-0.05, 0) is 83.7 Å². The molecule has 0 atom stereocenters. The van der Waals surface area contributed by atoms with Crippen LogP contribution in [-0.2, 0) is 0 Å². The van der Waals surface area contributed by atoms with Crippen LogP contribution in [0.3, 0.4) is 0 Å². The molecule has 0 aliphatic carbocycles. The zero-order valence-corrected chi connectivity index (χ0v) is 29.5. The first-order valence-corrected chi connectivity index (χ1v) is 18.3. The maximum absolute atomic E-state index is 10.6. The molecule has 5 nitrogen and oxygen atoms in total. The van der Waals surface area contributed by atoms with Crippen LogP contribution in [0.5, 0.6) is 0 Å². The Morgan fingerprint density at radius 1 is 0.418 bits per heavy atom. The second-order valence-corrected chi connectivity index (χ2v) is 13.9. The van der Waals surface area contributed by atoms with Gasteiger partial charge < -0.3 is 13.7 Å². The monoisotopic (exact) mass is 699 g/mol. The molecular weight excluding hydrogens is 671 g/mol. The molecule has 0 bridgehead atoms. The normalized spacial score (nSPS) is 11.6. The van der Waals surface area contributed by atoms with Gasteiger partial charge >= 0.3 is 0 Å². The molecule has 0 aliphatic heterocycles. The number of rotatable bonds is 4. The van der Waals surface area contributed by atoms with E-state index in [9.17, 15) is 5.26 Å². The molecule has 0 fully saturated rings. The Balaban J connectivity index is 1.14. The number of nitriles is 1. The fraction of sp³-hybridized carbons (Fsp3) is 0. The second kappa shape index (κ2) is 11.8. The van der Waals surface area contributed by atoms with Crippen molar-refractivity contribution < 1.29 is 0 Å². The van der Waals surface area contributed by atoms with Crippen LogP contribution in [0.15, 0.2) is 176 Å². The molecule has 0 N–H and O–H groups in total. The second-order valence-electron chi connectivity index (χ2n) is 13.9. The molecule has 0 saturated heterocycles. The van der Waals surface area contributed by atoms with Gasteiger partial charge in [0.2, 0.25) is 0 Å². The number of hydrogen-bond acceptors (Lipinski definition) is 1. The van der Waals surface area contributed by atoms with E-state index < -0.39 is 0 Å². The Kier molecular flexibility index (Phi) is 6.61. The summed E-state index contributed by atoms with van der Waals surface area (Å²) in [7, 11) is 0. The van der Waals surface area contributed by atoms with Crippen molar-refractivity contribution in [3.8, 4) is 34.3 Å². The van der Waals surface area contributed by atoms with E-state index in [1.807, 2.05) is 30.3 Å². The van der Waals surface area contributed by atoms with E-state index in [2.05, 4.69) is 170 Å². The number of benzene rings is 8. The van der Waals surface area contributed by atoms with Gasteiger partial charge in [0.05, 0.1) is 50.9 Å². The fourth-order valence-electron chi connectivity index (χ4n) is 8.75. The fourth-order valence-corrected chi connectivity index (χ4v) is 8.75. The summed E-state index contributed by atoms with van der Waals surface area (Å²) in [6, 6.07) is 63.7. The lowest BCUT2D eigenvalue weighted by atomic mass is 9.99. The van der Waals surface area contributed by atoms with Gasteiger partial charge in [0.1, 0.15) is 6.07 Å². The minimum atomic E-state index is 0.572. The molecule has 0 radical (unpaired) electrons. The van der Waals surface area contributed by atoms with Crippen molar-refractivity contribution in [2.75, 3.05) is 0 Å². The van der Waals surface area contributed by atoms with Crippen molar-refractivity contribution in [1.82, 2.24) is 13.7 Å². The number of nitrogens with zero attached hydrogens (tertiary/aromatic N) is 5. The van der Waals surface area contributed by atoms with Crippen LogP contribution in [0.4, 0.5) is 5.69 Å². The van der Waals surface area contributed by atoms with E-state index in [4.69, 9.17) is 6.57 Å². The third kappa shape index (κ3) is 4.45. The first kappa shape index (κ1) is 30.7. The highest BCUT2D eigenvalue weighted by molar-refractivity contribution is 6.13. The van der Waals surface area contributed by atoms with Crippen LogP contribution in [0.25, 0.3) is 98.5 Å². The minimum Gasteiger partial charge on any atom is -0.309 e. The minimum absolute atomic E-state index is 0.572. The molecule has 11 aromatic rings. The largest absolute Gasteiger partial charge is 0.309 e. The molecule has 5 heteroatoms. The molecule has 8 aromatic carbocycles. The predicted octanol–water partition coefficient (Wildman–Crippen LogP) is 13.1. The first-order chi connectivity index (χ1) is 27.2. The zero-order valence-electron chi connectivity index (χ0n) is 29.5. The average Bonchev–Trinajstić information content (AvgIpc) is 3.88. The van der Waals surface area contributed by atoms with Crippen LogP contribution in [0.1, 0.15) is 5.56 Å². The molecule has 254 valence electrons. The van der Waals surface area contributed by atoms with Crippen molar-refractivity contribution in [2.24, 2.45) is 0 Å². The number of fused-ring (bicyclic) bond motifs is 9. The molecular formula is C50H29N5. The van der Waals surface area contributed by atoms with Gasteiger partial charge in [-0.25, -0.2) is 4.85 Å². The molecule has 3 heterocycles. The van der Waals surface area contributed by atoms with Crippen molar-refractivity contribution in [3.63, 3.8) is 0 Å². The van der Waals surface area contributed by atoms with Gasteiger partial charge in [0.15, 0.2) is 5.69 Å². The quantitative estimate of drug-likeness (QED) is 0.169. The molecule has 55 heavy (non-hydrogen) atoms. The van der Waals surface area contributed by atoms with Crippen LogP contribution in [0.2, 0.25) is 0 Å². The Labute approximate surface area is 316 Å². The predicted molar refractivity (Wildman–Crippen MR) is 226 cm³/mol. The number of aromatic nitrogens is 3. The van der Waals surface area contributed by atoms with Crippen LogP contribution < -0.4 is 0 Å². The van der Waals surface area contributed by atoms with Crippen molar-refractivity contribution in [3.05, 3.63) is 193 Å². The highest BCUT2D eigenvalue weighted by Crippen LogP contribution is 2.41. The molecule has 3 aromatic heterocycles. The maximum Gasteiger partial charge on any atom is 0.188 e. The standard InChI is InChI=1S/C50H29N5/c1-52-34-23-27-48-42(29-34)43-30-36(54-46-19-8-4-14-40(46)41-15-5-9-20-47(41)54)26-28-49(43)55(48)50-33(31-51)11-10-16-37(50)32-21-24-35(25-22-32)53-44-17-6-2-12-38(44)39-13-3-7-18-45(39)53/h2-30H. The third-order valence-corrected chi connectivity index (χ3v) is 11.1. The van der Waals surface area contributed by atoms with Gasteiger partial charge in [0, 0.05) is 43.9 Å². The third-order valence-electron chi connectivity index (χ3n) is 11.1. The molecule has 0 spiro atoms. The smallest absolute Gasteiger partial charge is 0.188 e. The Hall–Kier alpha value is -7.86. The van der Waals surface area contributed by atoms with E-state index in [0.29, 0.717) is 11.3 Å². The number of para-hydroxylation sites is 5. The number of hydrogen-bond donors (Lipinski definition) is 0. The summed E-state index contributed by atoms with van der Waals surface area (Å²) >= 11 is 0. The first-order valence-electron chi connectivity index (χ1n) is 18.3. The Morgan fingerprint density at radius 2 is 0.891 bits per heavy atom. The Bertz CT molecular complexity index is 3350. The molecule has 0 aliphatic rings. The summed E-state index contributed by atoms with van der Waals surface area (Å²) in [6.45, 7) is 7.87. The lowest BCUT2D eigenvalue weighted by Gasteiger charge is -2.17. The molecule has 11 rings (SSSR count). The van der Waals surface area contributed by atoms with E-state index >= 15 is 0 Å². The van der Waals surface area contributed by atoms with Crippen LogP contribution in [-0.4, -0.2) is 13.7 Å². The summed E-state index contributed by atoms with van der Waals surface area (Å²) in [5, 5.41) is 17.5. The highest BCUT2D eigenvalue weighted by atomic mass is 15.0. The van der Waals surface area contributed by atoms with Gasteiger partial charge in [0.25, 0.3) is 0 Å². The summed E-state index contributed by atoms with van der Waals surface area (Å²) in [4.78, 5) is 3.81. The van der Waals surface area contributed by atoms with Gasteiger partial charge in [-0.2, -0.15) is 5.26 Å². The van der Waals surface area contributed by atoms with Gasteiger partial charge in [-0.1, -0.05) is 103 Å². The molecule has 0 unspecified atom stereocenters. The van der Waals surface area contributed by atoms with E-state index in [1.165, 1.54) is 21.5 Å². The van der Waals surface area contributed by atoms with E-state index in [0.717, 1.165) is 72.1 Å². The van der Waals surface area contributed by atoms with E-state index in [1.54, 1.807) is 0 Å². The van der Waals surface area contributed by atoms with E-state index in [-0.39, 0.29) is 0 Å². The summed E-state index contributed by atoms with van der Waals surface area (Å²) in [5.74, 6) is 0. The van der Waals surface area contributed by atoms with Crippen LogP contribution >= 0.6 is 0 Å². The summed E-state index contributed by atoms with van der Waals surface area (Å²) in [5.41, 5.74) is 12.5. The lowest BCUT2D eigenvalue weighted by Crippen LogP contribution is -2.01. The highest BCUT2D eigenvalue weighted by Gasteiger charge is 2.21.